The Labute approximate surface area is 124 Å². The summed E-state index contributed by atoms with van der Waals surface area (Å²) < 4.78 is 5.10. The number of piperidine rings is 1. The molecule has 2 amide bonds. The standard InChI is InChI=1S/C15H23N3O3/c1-10-14(11(2)21-17-10)15(20)18-9-5-4-6-13(18)7-8-16-12(3)19/h13H,4-9H2,1-3H3,(H,16,19)/t13-/m1/s1. The average molecular weight is 293 g/mol. The zero-order valence-corrected chi connectivity index (χ0v) is 12.9. The van der Waals surface area contributed by atoms with Gasteiger partial charge in [-0.1, -0.05) is 5.16 Å². The number of hydrogen-bond donors (Lipinski definition) is 1. The molecular formula is C15H23N3O3. The second-order valence-corrected chi connectivity index (χ2v) is 5.62. The van der Waals surface area contributed by atoms with E-state index < -0.39 is 0 Å². The van der Waals surface area contributed by atoms with Crippen LogP contribution >= 0.6 is 0 Å². The number of rotatable bonds is 4. The number of likely N-dealkylation sites (tertiary alicyclic amines) is 1. The van der Waals surface area contributed by atoms with E-state index in [4.69, 9.17) is 4.52 Å². The van der Waals surface area contributed by atoms with Crippen LogP contribution in [0.5, 0.6) is 0 Å². The lowest BCUT2D eigenvalue weighted by Crippen LogP contribution is -2.45. The number of carbonyl (C=O) groups is 2. The molecule has 1 saturated heterocycles. The van der Waals surface area contributed by atoms with Gasteiger partial charge in [0, 0.05) is 26.1 Å². The molecular weight excluding hydrogens is 270 g/mol. The summed E-state index contributed by atoms with van der Waals surface area (Å²) in [4.78, 5) is 25.6. The van der Waals surface area contributed by atoms with Crippen LogP contribution in [0.1, 0.15) is 54.4 Å². The third kappa shape index (κ3) is 3.62. The van der Waals surface area contributed by atoms with Crippen molar-refractivity contribution in [1.82, 2.24) is 15.4 Å². The fraction of sp³-hybridized carbons (Fsp3) is 0.667. The highest BCUT2D eigenvalue weighted by atomic mass is 16.5. The van der Waals surface area contributed by atoms with Crippen LogP contribution in [-0.2, 0) is 4.79 Å². The van der Waals surface area contributed by atoms with E-state index in [2.05, 4.69) is 10.5 Å². The Kier molecular flexibility index (Phi) is 4.98. The molecule has 116 valence electrons. The van der Waals surface area contributed by atoms with Crippen molar-refractivity contribution in [2.24, 2.45) is 0 Å². The fourth-order valence-corrected chi connectivity index (χ4v) is 2.91. The van der Waals surface area contributed by atoms with Crippen LogP contribution in [-0.4, -0.2) is 41.0 Å². The van der Waals surface area contributed by atoms with E-state index in [1.807, 2.05) is 4.90 Å². The summed E-state index contributed by atoms with van der Waals surface area (Å²) >= 11 is 0. The van der Waals surface area contributed by atoms with Crippen LogP contribution < -0.4 is 5.32 Å². The zero-order chi connectivity index (χ0) is 15.4. The quantitative estimate of drug-likeness (QED) is 0.918. The molecule has 1 aromatic rings. The van der Waals surface area contributed by atoms with Gasteiger partial charge in [0.05, 0.1) is 5.69 Å². The Bertz CT molecular complexity index is 505. The molecule has 1 atom stereocenters. The van der Waals surface area contributed by atoms with Gasteiger partial charge in [0.2, 0.25) is 5.91 Å². The van der Waals surface area contributed by atoms with Gasteiger partial charge < -0.3 is 14.7 Å². The normalized spacial score (nSPS) is 18.6. The van der Waals surface area contributed by atoms with Gasteiger partial charge >= 0.3 is 0 Å². The number of amides is 2. The second-order valence-electron chi connectivity index (χ2n) is 5.62. The molecule has 0 bridgehead atoms. The molecule has 0 spiro atoms. The molecule has 1 fully saturated rings. The third-order valence-corrected chi connectivity index (χ3v) is 3.99. The van der Waals surface area contributed by atoms with Gasteiger partial charge in [0.1, 0.15) is 11.3 Å². The molecule has 1 aliphatic rings. The molecule has 21 heavy (non-hydrogen) atoms. The smallest absolute Gasteiger partial charge is 0.259 e. The number of hydrogen-bond acceptors (Lipinski definition) is 4. The molecule has 0 saturated carbocycles. The minimum Gasteiger partial charge on any atom is -0.361 e. The summed E-state index contributed by atoms with van der Waals surface area (Å²) in [6.45, 7) is 6.43. The molecule has 0 aromatic carbocycles. The molecule has 6 nitrogen and oxygen atoms in total. The minimum absolute atomic E-state index is 0.00113. The SMILES string of the molecule is CC(=O)NCC[C@H]1CCCCN1C(=O)c1c(C)noc1C. The van der Waals surface area contributed by atoms with Crippen molar-refractivity contribution in [2.45, 2.75) is 52.5 Å². The fourth-order valence-electron chi connectivity index (χ4n) is 2.91. The maximum Gasteiger partial charge on any atom is 0.259 e. The van der Waals surface area contributed by atoms with Gasteiger partial charge in [-0.25, -0.2) is 0 Å². The van der Waals surface area contributed by atoms with Crippen LogP contribution in [0.4, 0.5) is 0 Å². The van der Waals surface area contributed by atoms with Crippen LogP contribution in [0, 0.1) is 13.8 Å². The molecule has 0 radical (unpaired) electrons. The lowest BCUT2D eigenvalue weighted by molar-refractivity contribution is -0.119. The van der Waals surface area contributed by atoms with Crippen molar-refractivity contribution in [3.8, 4) is 0 Å². The van der Waals surface area contributed by atoms with Gasteiger partial charge in [0.15, 0.2) is 0 Å². The summed E-state index contributed by atoms with van der Waals surface area (Å²) in [6, 6.07) is 0.173. The first-order chi connectivity index (χ1) is 10.0. The van der Waals surface area contributed by atoms with Crippen molar-refractivity contribution in [1.29, 1.82) is 0 Å². The van der Waals surface area contributed by atoms with E-state index in [1.54, 1.807) is 13.8 Å². The second kappa shape index (κ2) is 6.74. The number of aryl methyl sites for hydroxylation is 2. The lowest BCUT2D eigenvalue weighted by Gasteiger charge is -2.36. The summed E-state index contributed by atoms with van der Waals surface area (Å²) in [7, 11) is 0. The molecule has 2 heterocycles. The summed E-state index contributed by atoms with van der Waals surface area (Å²) in [5.74, 6) is 0.539. The molecule has 1 aromatic heterocycles. The Morgan fingerprint density at radius 2 is 2.14 bits per heavy atom. The summed E-state index contributed by atoms with van der Waals surface area (Å²) in [6.07, 6.45) is 3.91. The first kappa shape index (κ1) is 15.5. The Hall–Kier alpha value is -1.85. The van der Waals surface area contributed by atoms with E-state index in [0.717, 1.165) is 32.2 Å². The highest BCUT2D eigenvalue weighted by Crippen LogP contribution is 2.24. The molecule has 6 heteroatoms. The predicted octanol–water partition coefficient (Wildman–Crippen LogP) is 1.81. The lowest BCUT2D eigenvalue weighted by atomic mass is 9.98. The van der Waals surface area contributed by atoms with Crippen molar-refractivity contribution in [3.63, 3.8) is 0 Å². The van der Waals surface area contributed by atoms with Crippen molar-refractivity contribution in [3.05, 3.63) is 17.0 Å². The number of nitrogens with zero attached hydrogens (tertiary/aromatic N) is 2. The molecule has 1 aliphatic heterocycles. The van der Waals surface area contributed by atoms with E-state index in [9.17, 15) is 9.59 Å². The van der Waals surface area contributed by atoms with Crippen LogP contribution in [0.2, 0.25) is 0 Å². The van der Waals surface area contributed by atoms with Gasteiger partial charge in [-0.3, -0.25) is 9.59 Å². The van der Waals surface area contributed by atoms with Gasteiger partial charge in [-0.05, 0) is 39.5 Å². The highest BCUT2D eigenvalue weighted by molar-refractivity contribution is 5.96. The predicted molar refractivity (Wildman–Crippen MR) is 78.0 cm³/mol. The molecule has 0 aliphatic carbocycles. The van der Waals surface area contributed by atoms with Crippen LogP contribution in [0.15, 0.2) is 4.52 Å². The maximum atomic E-state index is 12.7. The van der Waals surface area contributed by atoms with Crippen LogP contribution in [0.3, 0.4) is 0 Å². The molecule has 0 unspecified atom stereocenters. The van der Waals surface area contributed by atoms with Crippen molar-refractivity contribution < 1.29 is 14.1 Å². The first-order valence-electron chi connectivity index (χ1n) is 7.49. The number of aromatic nitrogens is 1. The van der Waals surface area contributed by atoms with E-state index in [-0.39, 0.29) is 17.9 Å². The Morgan fingerprint density at radius 3 is 2.76 bits per heavy atom. The monoisotopic (exact) mass is 293 g/mol. The minimum atomic E-state index is -0.0330. The third-order valence-electron chi connectivity index (χ3n) is 3.99. The maximum absolute atomic E-state index is 12.7. The van der Waals surface area contributed by atoms with Crippen molar-refractivity contribution >= 4 is 11.8 Å². The highest BCUT2D eigenvalue weighted by Gasteiger charge is 2.30. The summed E-state index contributed by atoms with van der Waals surface area (Å²) in [5.41, 5.74) is 1.23. The Morgan fingerprint density at radius 1 is 1.38 bits per heavy atom. The van der Waals surface area contributed by atoms with Gasteiger partial charge in [0.25, 0.3) is 5.91 Å². The topological polar surface area (TPSA) is 75.4 Å². The average Bonchev–Trinajstić information content (AvgIpc) is 2.78. The molecule has 1 N–H and O–H groups in total. The first-order valence-corrected chi connectivity index (χ1v) is 7.49. The van der Waals surface area contributed by atoms with E-state index in [1.165, 1.54) is 6.92 Å². The number of carbonyl (C=O) groups excluding carboxylic acids is 2. The van der Waals surface area contributed by atoms with E-state index >= 15 is 0 Å². The van der Waals surface area contributed by atoms with Gasteiger partial charge in [-0.2, -0.15) is 0 Å². The van der Waals surface area contributed by atoms with Crippen LogP contribution in [0.25, 0.3) is 0 Å². The largest absolute Gasteiger partial charge is 0.361 e. The molecule has 2 rings (SSSR count). The Balaban J connectivity index is 2.07. The summed E-state index contributed by atoms with van der Waals surface area (Å²) in [5, 5.41) is 6.67. The van der Waals surface area contributed by atoms with E-state index in [0.29, 0.717) is 23.6 Å². The zero-order valence-electron chi connectivity index (χ0n) is 12.9. The number of nitrogens with one attached hydrogen (secondary N) is 1. The van der Waals surface area contributed by atoms with Gasteiger partial charge in [-0.15, -0.1) is 0 Å². The van der Waals surface area contributed by atoms with Crippen molar-refractivity contribution in [2.75, 3.05) is 13.1 Å².